The zero-order chi connectivity index (χ0) is 12.3. The quantitative estimate of drug-likeness (QED) is 0.788. The Morgan fingerprint density at radius 1 is 1.59 bits per heavy atom. The van der Waals surface area contributed by atoms with Gasteiger partial charge in [-0.25, -0.2) is 4.98 Å². The molecule has 0 aromatic carbocycles. The Balaban J connectivity index is 1.98. The number of aliphatic hydroxyl groups is 1. The van der Waals surface area contributed by atoms with E-state index in [0.717, 1.165) is 18.7 Å². The first-order valence-corrected chi connectivity index (χ1v) is 5.86. The van der Waals surface area contributed by atoms with Crippen molar-refractivity contribution in [2.24, 2.45) is 0 Å². The molecule has 0 spiro atoms. The lowest BCUT2D eigenvalue weighted by Gasteiger charge is -2.37. The van der Waals surface area contributed by atoms with Crippen LogP contribution in [0.1, 0.15) is 12.5 Å². The van der Waals surface area contributed by atoms with Crippen LogP contribution < -0.4 is 5.73 Å². The zero-order valence-electron chi connectivity index (χ0n) is 10.0. The summed E-state index contributed by atoms with van der Waals surface area (Å²) in [6.07, 6.45) is 1.72. The van der Waals surface area contributed by atoms with Gasteiger partial charge in [-0.15, -0.1) is 0 Å². The number of ether oxygens (including phenoxy) is 1. The van der Waals surface area contributed by atoms with E-state index in [0.29, 0.717) is 18.5 Å². The average molecular weight is 237 g/mol. The van der Waals surface area contributed by atoms with Crippen molar-refractivity contribution in [3.8, 4) is 0 Å². The monoisotopic (exact) mass is 237 g/mol. The third-order valence-corrected chi connectivity index (χ3v) is 3.07. The molecule has 2 heterocycles. The first kappa shape index (κ1) is 12.3. The van der Waals surface area contributed by atoms with Crippen molar-refractivity contribution in [3.63, 3.8) is 0 Å². The number of morpholine rings is 1. The summed E-state index contributed by atoms with van der Waals surface area (Å²) in [6, 6.07) is 4.15. The summed E-state index contributed by atoms with van der Waals surface area (Å²) in [6.45, 7) is 4.42. The SMILES string of the molecule is CC1COC(CO)CN1Cc1ccc(N)nc1. The summed E-state index contributed by atoms with van der Waals surface area (Å²) in [5, 5.41) is 9.12. The predicted octanol–water partition coefficient (Wildman–Crippen LogP) is 0.245. The van der Waals surface area contributed by atoms with Gasteiger partial charge >= 0.3 is 0 Å². The highest BCUT2D eigenvalue weighted by Crippen LogP contribution is 2.15. The van der Waals surface area contributed by atoms with E-state index < -0.39 is 0 Å². The molecule has 0 aliphatic carbocycles. The standard InChI is InChI=1S/C12H19N3O2/c1-9-8-17-11(7-16)6-15(9)5-10-2-3-12(13)14-4-10/h2-4,9,11,16H,5-8H2,1H3,(H2,13,14). The van der Waals surface area contributed by atoms with Crippen molar-refractivity contribution >= 4 is 5.82 Å². The Bertz CT molecular complexity index is 355. The minimum Gasteiger partial charge on any atom is -0.394 e. The molecule has 94 valence electrons. The van der Waals surface area contributed by atoms with Crippen molar-refractivity contribution in [2.45, 2.75) is 25.6 Å². The van der Waals surface area contributed by atoms with Crippen LogP contribution in [0.3, 0.4) is 0 Å². The molecule has 5 heteroatoms. The number of aliphatic hydroxyl groups excluding tert-OH is 1. The maximum absolute atomic E-state index is 9.12. The van der Waals surface area contributed by atoms with E-state index in [1.54, 1.807) is 6.20 Å². The zero-order valence-corrected chi connectivity index (χ0v) is 10.0. The fraction of sp³-hybridized carbons (Fsp3) is 0.583. The highest BCUT2D eigenvalue weighted by atomic mass is 16.5. The third-order valence-electron chi connectivity index (χ3n) is 3.07. The number of rotatable bonds is 3. The van der Waals surface area contributed by atoms with Crippen LogP contribution in [0.25, 0.3) is 0 Å². The fourth-order valence-electron chi connectivity index (χ4n) is 1.97. The number of hydrogen-bond acceptors (Lipinski definition) is 5. The molecule has 1 saturated heterocycles. The van der Waals surface area contributed by atoms with Gasteiger partial charge in [-0.1, -0.05) is 6.07 Å². The first-order valence-electron chi connectivity index (χ1n) is 5.86. The first-order chi connectivity index (χ1) is 8.19. The van der Waals surface area contributed by atoms with Crippen LogP contribution in [0.4, 0.5) is 5.82 Å². The molecule has 1 aliphatic heterocycles. The van der Waals surface area contributed by atoms with Gasteiger partial charge in [0.25, 0.3) is 0 Å². The van der Waals surface area contributed by atoms with Gasteiger partial charge in [0.1, 0.15) is 5.82 Å². The maximum Gasteiger partial charge on any atom is 0.123 e. The Kier molecular flexibility index (Phi) is 3.93. The van der Waals surface area contributed by atoms with Gasteiger partial charge in [0, 0.05) is 25.3 Å². The number of aromatic nitrogens is 1. The van der Waals surface area contributed by atoms with Crippen LogP contribution in [0.5, 0.6) is 0 Å². The smallest absolute Gasteiger partial charge is 0.123 e. The summed E-state index contributed by atoms with van der Waals surface area (Å²) >= 11 is 0. The lowest BCUT2D eigenvalue weighted by molar-refractivity contribution is -0.0805. The number of nitrogen functional groups attached to an aromatic ring is 1. The molecule has 1 aromatic heterocycles. The van der Waals surface area contributed by atoms with E-state index in [1.165, 1.54) is 0 Å². The molecule has 0 radical (unpaired) electrons. The number of hydrogen-bond donors (Lipinski definition) is 2. The van der Waals surface area contributed by atoms with Crippen LogP contribution in [0.2, 0.25) is 0 Å². The second-order valence-electron chi connectivity index (χ2n) is 4.51. The van der Waals surface area contributed by atoms with Crippen molar-refractivity contribution in [1.82, 2.24) is 9.88 Å². The molecular weight excluding hydrogens is 218 g/mol. The summed E-state index contributed by atoms with van der Waals surface area (Å²) < 4.78 is 5.50. The van der Waals surface area contributed by atoms with Crippen LogP contribution in [0, 0.1) is 0 Å². The lowest BCUT2D eigenvalue weighted by Crippen LogP contribution is -2.48. The summed E-state index contributed by atoms with van der Waals surface area (Å²) in [5.74, 6) is 0.539. The van der Waals surface area contributed by atoms with Gasteiger partial charge in [-0.2, -0.15) is 0 Å². The predicted molar refractivity (Wildman–Crippen MR) is 65.3 cm³/mol. The van der Waals surface area contributed by atoms with E-state index in [4.69, 9.17) is 15.6 Å². The van der Waals surface area contributed by atoms with Crippen molar-refractivity contribution in [2.75, 3.05) is 25.5 Å². The van der Waals surface area contributed by atoms with Crippen LogP contribution in [-0.4, -0.2) is 46.9 Å². The largest absolute Gasteiger partial charge is 0.394 e. The van der Waals surface area contributed by atoms with Crippen LogP contribution >= 0.6 is 0 Å². The minimum absolute atomic E-state index is 0.0726. The summed E-state index contributed by atoms with van der Waals surface area (Å²) in [5.41, 5.74) is 6.68. The van der Waals surface area contributed by atoms with Crippen molar-refractivity contribution in [3.05, 3.63) is 23.9 Å². The van der Waals surface area contributed by atoms with Gasteiger partial charge in [0.2, 0.25) is 0 Å². The number of pyridine rings is 1. The Labute approximate surface area is 101 Å². The van der Waals surface area contributed by atoms with E-state index in [-0.39, 0.29) is 12.7 Å². The average Bonchev–Trinajstić information content (AvgIpc) is 2.35. The fourth-order valence-corrected chi connectivity index (χ4v) is 1.97. The molecular formula is C12H19N3O2. The van der Waals surface area contributed by atoms with Gasteiger partial charge < -0.3 is 15.6 Å². The van der Waals surface area contributed by atoms with Crippen LogP contribution in [0.15, 0.2) is 18.3 Å². The highest BCUT2D eigenvalue weighted by molar-refractivity contribution is 5.29. The third kappa shape index (κ3) is 3.15. The molecule has 2 rings (SSSR count). The van der Waals surface area contributed by atoms with E-state index in [2.05, 4.69) is 16.8 Å². The molecule has 3 N–H and O–H groups in total. The molecule has 5 nitrogen and oxygen atoms in total. The molecule has 0 amide bonds. The molecule has 2 unspecified atom stereocenters. The molecule has 1 aromatic rings. The van der Waals surface area contributed by atoms with Crippen molar-refractivity contribution < 1.29 is 9.84 Å². The number of anilines is 1. The van der Waals surface area contributed by atoms with E-state index in [9.17, 15) is 0 Å². The minimum atomic E-state index is -0.0760. The van der Waals surface area contributed by atoms with E-state index >= 15 is 0 Å². The Hall–Kier alpha value is -1.17. The van der Waals surface area contributed by atoms with Gasteiger partial charge in [0.05, 0.1) is 19.3 Å². The van der Waals surface area contributed by atoms with Gasteiger partial charge in [0.15, 0.2) is 0 Å². The van der Waals surface area contributed by atoms with Gasteiger partial charge in [-0.05, 0) is 18.6 Å². The van der Waals surface area contributed by atoms with Crippen LogP contribution in [-0.2, 0) is 11.3 Å². The normalized spacial score (nSPS) is 26.0. The highest BCUT2D eigenvalue weighted by Gasteiger charge is 2.25. The Morgan fingerprint density at radius 2 is 2.41 bits per heavy atom. The molecule has 2 atom stereocenters. The molecule has 0 bridgehead atoms. The molecule has 1 fully saturated rings. The maximum atomic E-state index is 9.12. The van der Waals surface area contributed by atoms with E-state index in [1.807, 2.05) is 12.1 Å². The second kappa shape index (κ2) is 5.44. The number of nitrogens with two attached hydrogens (primary N) is 1. The molecule has 0 saturated carbocycles. The lowest BCUT2D eigenvalue weighted by atomic mass is 10.1. The van der Waals surface area contributed by atoms with Gasteiger partial charge in [-0.3, -0.25) is 4.90 Å². The topological polar surface area (TPSA) is 71.6 Å². The molecule has 17 heavy (non-hydrogen) atoms. The van der Waals surface area contributed by atoms with Crippen molar-refractivity contribution in [1.29, 1.82) is 0 Å². The Morgan fingerprint density at radius 3 is 3.06 bits per heavy atom. The summed E-state index contributed by atoms with van der Waals surface area (Å²) in [4.78, 5) is 6.37. The number of nitrogens with zero attached hydrogens (tertiary/aromatic N) is 2. The molecule has 1 aliphatic rings. The second-order valence-corrected chi connectivity index (χ2v) is 4.51. The summed E-state index contributed by atoms with van der Waals surface area (Å²) in [7, 11) is 0.